The van der Waals surface area contributed by atoms with Gasteiger partial charge in [0.1, 0.15) is 0 Å². The van der Waals surface area contributed by atoms with Crippen LogP contribution in [0.3, 0.4) is 0 Å². The zero-order valence-electron chi connectivity index (χ0n) is 18.6. The van der Waals surface area contributed by atoms with E-state index < -0.39 is 32.9 Å². The predicted molar refractivity (Wildman–Crippen MR) is 124 cm³/mol. The normalized spacial score (nSPS) is 14.9. The van der Waals surface area contributed by atoms with Gasteiger partial charge < -0.3 is 5.32 Å². The first-order chi connectivity index (χ1) is 16.6. The van der Waals surface area contributed by atoms with Crippen molar-refractivity contribution in [2.75, 3.05) is 10.0 Å². The van der Waals surface area contributed by atoms with Gasteiger partial charge in [-0.1, -0.05) is 19.1 Å². The molecule has 1 aliphatic carbocycles. The first-order valence-electron chi connectivity index (χ1n) is 10.9. The van der Waals surface area contributed by atoms with Crippen LogP contribution in [0.25, 0.3) is 11.3 Å². The average molecular weight is 506 g/mol. The van der Waals surface area contributed by atoms with Crippen molar-refractivity contribution in [2.45, 2.75) is 43.5 Å². The fourth-order valence-electron chi connectivity index (χ4n) is 3.42. The first-order valence-corrected chi connectivity index (χ1v) is 12.4. The second-order valence-electron chi connectivity index (χ2n) is 8.11. The monoisotopic (exact) mass is 505 g/mol. The maximum absolute atomic E-state index is 12.9. The number of aromatic nitrogens is 3. The molecule has 1 aliphatic rings. The number of benzene rings is 1. The molecule has 1 aromatic carbocycles. The molecule has 35 heavy (non-hydrogen) atoms. The van der Waals surface area contributed by atoms with Crippen molar-refractivity contribution < 1.29 is 26.4 Å². The fraction of sp³-hybridized carbons (Fsp3) is 0.304. The number of hydrogen-bond donors (Lipinski definition) is 2. The minimum Gasteiger partial charge on any atom is -0.326 e. The van der Waals surface area contributed by atoms with Gasteiger partial charge in [-0.25, -0.2) is 18.4 Å². The van der Waals surface area contributed by atoms with E-state index in [2.05, 4.69) is 25.0 Å². The lowest BCUT2D eigenvalue weighted by atomic mass is 10.0. The lowest BCUT2D eigenvalue weighted by molar-refractivity contribution is -0.137. The summed E-state index contributed by atoms with van der Waals surface area (Å²) in [5.74, 6) is -1.07. The minimum atomic E-state index is -4.46. The summed E-state index contributed by atoms with van der Waals surface area (Å²) in [6.07, 6.45) is -0.676. The number of pyridine rings is 1. The summed E-state index contributed by atoms with van der Waals surface area (Å²) in [5.41, 5.74) is 0.979. The number of amides is 1. The van der Waals surface area contributed by atoms with Crippen molar-refractivity contribution in [3.8, 4) is 11.3 Å². The van der Waals surface area contributed by atoms with Crippen LogP contribution >= 0.6 is 0 Å². The highest BCUT2D eigenvalue weighted by molar-refractivity contribution is 7.93. The highest BCUT2D eigenvalue weighted by Crippen LogP contribution is 2.31. The van der Waals surface area contributed by atoms with Gasteiger partial charge in [-0.05, 0) is 49.6 Å². The lowest BCUT2D eigenvalue weighted by Gasteiger charge is -2.16. The Morgan fingerprint density at radius 1 is 1.09 bits per heavy atom. The average Bonchev–Trinajstić information content (AvgIpc) is 3.66. The molecular weight excluding hydrogens is 483 g/mol. The van der Waals surface area contributed by atoms with Gasteiger partial charge in [-0.2, -0.15) is 13.2 Å². The van der Waals surface area contributed by atoms with Gasteiger partial charge >= 0.3 is 6.18 Å². The molecule has 2 aromatic heterocycles. The number of halogens is 3. The summed E-state index contributed by atoms with van der Waals surface area (Å²) in [6.45, 7) is 1.81. The van der Waals surface area contributed by atoms with E-state index in [1.54, 1.807) is 37.3 Å². The van der Waals surface area contributed by atoms with E-state index in [9.17, 15) is 26.4 Å². The van der Waals surface area contributed by atoms with E-state index >= 15 is 0 Å². The largest absolute Gasteiger partial charge is 0.417 e. The number of carbonyl (C=O) groups excluding carboxylic acids is 1. The SMILES string of the molecule is CCC(C(=O)Nc1ccc(-c2ccc(C(F)(F)F)cn2)cc1)c1ccnc(NS(=O)(=O)C2CC2)n1. The smallest absolute Gasteiger partial charge is 0.326 e. The molecule has 1 saturated carbocycles. The molecule has 184 valence electrons. The number of sulfonamides is 1. The van der Waals surface area contributed by atoms with Crippen molar-refractivity contribution in [1.82, 2.24) is 15.0 Å². The highest BCUT2D eigenvalue weighted by Gasteiger charge is 2.36. The molecule has 2 N–H and O–H groups in total. The molecule has 1 atom stereocenters. The van der Waals surface area contributed by atoms with Crippen LogP contribution in [0, 0.1) is 0 Å². The van der Waals surface area contributed by atoms with Crippen molar-refractivity contribution in [2.24, 2.45) is 0 Å². The third kappa shape index (κ3) is 5.94. The van der Waals surface area contributed by atoms with E-state index in [-0.39, 0.29) is 11.9 Å². The number of anilines is 2. The zero-order valence-corrected chi connectivity index (χ0v) is 19.4. The van der Waals surface area contributed by atoms with Crippen LogP contribution in [0.15, 0.2) is 54.9 Å². The summed E-state index contributed by atoms with van der Waals surface area (Å²) in [6, 6.07) is 10.3. The molecule has 1 fully saturated rings. The number of rotatable bonds is 8. The standard InChI is InChI=1S/C23H22F3N5O3S/c1-2-18(20-11-12-27-22(30-20)31-35(33,34)17-8-9-17)21(32)29-16-6-3-14(4-7-16)19-10-5-15(13-28-19)23(24,25)26/h3-7,10-13,17-18H,2,8-9H2,1H3,(H,29,32)(H,27,30,31). The molecule has 0 bridgehead atoms. The summed E-state index contributed by atoms with van der Waals surface area (Å²) >= 11 is 0. The molecule has 3 aromatic rings. The van der Waals surface area contributed by atoms with Crippen molar-refractivity contribution >= 4 is 27.6 Å². The van der Waals surface area contributed by atoms with Gasteiger partial charge in [0.2, 0.25) is 21.9 Å². The fourth-order valence-corrected chi connectivity index (χ4v) is 4.70. The Kier molecular flexibility index (Phi) is 6.75. The Morgan fingerprint density at radius 2 is 1.80 bits per heavy atom. The van der Waals surface area contributed by atoms with E-state index in [4.69, 9.17) is 0 Å². The minimum absolute atomic E-state index is 0.0750. The van der Waals surface area contributed by atoms with Crippen LogP contribution < -0.4 is 10.0 Å². The molecule has 2 heterocycles. The molecule has 12 heteroatoms. The van der Waals surface area contributed by atoms with E-state index in [0.29, 0.717) is 41.9 Å². The maximum atomic E-state index is 12.9. The Morgan fingerprint density at radius 3 is 2.37 bits per heavy atom. The summed E-state index contributed by atoms with van der Waals surface area (Å²) < 4.78 is 64.9. The first kappa shape index (κ1) is 24.6. The summed E-state index contributed by atoms with van der Waals surface area (Å²) in [4.78, 5) is 25.0. The van der Waals surface area contributed by atoms with Crippen LogP contribution in [0.2, 0.25) is 0 Å². The van der Waals surface area contributed by atoms with E-state index in [0.717, 1.165) is 12.3 Å². The molecule has 0 spiro atoms. The summed E-state index contributed by atoms with van der Waals surface area (Å²) in [5, 5.41) is 2.36. The Labute approximate surface area is 200 Å². The molecule has 0 saturated heterocycles. The topological polar surface area (TPSA) is 114 Å². The van der Waals surface area contributed by atoms with Gasteiger partial charge in [0.25, 0.3) is 0 Å². The number of nitrogens with zero attached hydrogens (tertiary/aromatic N) is 3. The van der Waals surface area contributed by atoms with Gasteiger partial charge in [-0.15, -0.1) is 0 Å². The predicted octanol–water partition coefficient (Wildman–Crippen LogP) is 4.59. The van der Waals surface area contributed by atoms with Crippen LogP contribution in [0.5, 0.6) is 0 Å². The van der Waals surface area contributed by atoms with Crippen LogP contribution in [0.4, 0.5) is 24.8 Å². The third-order valence-corrected chi connectivity index (χ3v) is 7.31. The van der Waals surface area contributed by atoms with Crippen LogP contribution in [-0.4, -0.2) is 34.5 Å². The van der Waals surface area contributed by atoms with Crippen molar-refractivity contribution in [3.05, 3.63) is 66.1 Å². The summed E-state index contributed by atoms with van der Waals surface area (Å²) in [7, 11) is -3.53. The maximum Gasteiger partial charge on any atom is 0.417 e. The zero-order chi connectivity index (χ0) is 25.2. The van der Waals surface area contributed by atoms with Gasteiger partial charge in [0.05, 0.1) is 28.1 Å². The number of carbonyl (C=O) groups is 1. The second kappa shape index (κ2) is 9.61. The molecule has 0 radical (unpaired) electrons. The molecule has 1 unspecified atom stereocenters. The van der Waals surface area contributed by atoms with E-state index in [1.807, 2.05) is 0 Å². The number of alkyl halides is 3. The Bertz CT molecular complexity index is 1310. The van der Waals surface area contributed by atoms with Gasteiger partial charge in [-0.3, -0.25) is 14.5 Å². The highest BCUT2D eigenvalue weighted by atomic mass is 32.2. The molecule has 8 nitrogen and oxygen atoms in total. The van der Waals surface area contributed by atoms with Crippen molar-refractivity contribution in [3.63, 3.8) is 0 Å². The van der Waals surface area contributed by atoms with Crippen LogP contribution in [0.1, 0.15) is 43.4 Å². The second-order valence-corrected chi connectivity index (χ2v) is 10.1. The molecule has 1 amide bonds. The molecule has 4 rings (SSSR count). The van der Waals surface area contributed by atoms with Crippen molar-refractivity contribution in [1.29, 1.82) is 0 Å². The molecular formula is C23H22F3N5O3S. The van der Waals surface area contributed by atoms with Crippen LogP contribution in [-0.2, 0) is 21.0 Å². The lowest BCUT2D eigenvalue weighted by Crippen LogP contribution is -2.23. The Balaban J connectivity index is 1.44. The number of nitrogens with one attached hydrogen (secondary N) is 2. The van der Waals surface area contributed by atoms with Gasteiger partial charge in [0, 0.05) is 23.6 Å². The van der Waals surface area contributed by atoms with E-state index in [1.165, 1.54) is 12.3 Å². The third-order valence-electron chi connectivity index (χ3n) is 5.49. The molecule has 0 aliphatic heterocycles. The Hall–Kier alpha value is -3.54. The van der Waals surface area contributed by atoms with Gasteiger partial charge in [0.15, 0.2) is 0 Å². The number of hydrogen-bond acceptors (Lipinski definition) is 6. The quantitative estimate of drug-likeness (QED) is 0.463.